The van der Waals surface area contributed by atoms with Gasteiger partial charge in [0.25, 0.3) is 11.7 Å². The van der Waals surface area contributed by atoms with Crippen LogP contribution in [0.25, 0.3) is 10.8 Å². The summed E-state index contributed by atoms with van der Waals surface area (Å²) in [6.45, 7) is 12.2. The van der Waals surface area contributed by atoms with Crippen molar-refractivity contribution in [1.29, 1.82) is 0 Å². The third-order valence-corrected chi connectivity index (χ3v) is 10.2. The van der Waals surface area contributed by atoms with Gasteiger partial charge in [0.1, 0.15) is 23.4 Å². The molecular weight excluding hydrogens is 678 g/mol. The molecule has 0 aliphatic carbocycles. The number of esters is 1. The molecule has 5 rings (SSSR count). The molecule has 14 heteroatoms. The van der Waals surface area contributed by atoms with Crippen molar-refractivity contribution in [3.8, 4) is 23.0 Å². The number of methoxy groups -OCH3 is 1. The third-order valence-electron chi connectivity index (χ3n) is 10.2. The van der Waals surface area contributed by atoms with E-state index < -0.39 is 111 Å². The van der Waals surface area contributed by atoms with E-state index in [0.717, 1.165) is 6.26 Å². The van der Waals surface area contributed by atoms with E-state index in [0.29, 0.717) is 0 Å². The minimum Gasteiger partial charge on any atom is -0.507 e. The molecule has 0 aromatic heterocycles. The molecular formula is C38H47NO13. The van der Waals surface area contributed by atoms with E-state index in [-0.39, 0.29) is 28.7 Å². The molecule has 0 saturated carbocycles. The minimum absolute atomic E-state index is 0.00425. The lowest BCUT2D eigenvalue weighted by molar-refractivity contribution is -0.160. The highest BCUT2D eigenvalue weighted by Gasteiger charge is 2.50. The lowest BCUT2D eigenvalue weighted by atomic mass is 9.78. The Labute approximate surface area is 301 Å². The Morgan fingerprint density at radius 3 is 2.19 bits per heavy atom. The quantitative estimate of drug-likeness (QED) is 0.111. The SMILES string of the molecule is COC1C=COC2(C)Oc3c(C)c(O)c4c(O)c(c(C=O)c(O)c4c3C2=O)NC(=O)/C(C)=C\C=C/C(C)C(O)C(C)C(O)C(C)C(OC(C)=O)C1C. The molecule has 1 amide bonds. The molecule has 14 nitrogen and oxygen atoms in total. The van der Waals surface area contributed by atoms with Crippen LogP contribution in [0.1, 0.15) is 74.7 Å². The number of hydrogen-bond acceptors (Lipinski definition) is 13. The normalized spacial score (nSPS) is 31.7. The van der Waals surface area contributed by atoms with E-state index in [1.54, 1.807) is 33.8 Å². The maximum absolute atomic E-state index is 14.0. The van der Waals surface area contributed by atoms with E-state index in [1.165, 1.54) is 53.0 Å². The molecule has 0 radical (unpaired) electrons. The maximum Gasteiger partial charge on any atom is 0.312 e. The average molecular weight is 726 g/mol. The molecule has 3 aliphatic rings. The van der Waals surface area contributed by atoms with Gasteiger partial charge < -0.3 is 49.8 Å². The van der Waals surface area contributed by atoms with Crippen LogP contribution in [0.15, 0.2) is 36.1 Å². The van der Waals surface area contributed by atoms with E-state index in [2.05, 4.69) is 5.32 Å². The highest BCUT2D eigenvalue weighted by molar-refractivity contribution is 6.23. The van der Waals surface area contributed by atoms with Gasteiger partial charge in [-0.25, -0.2) is 0 Å². The van der Waals surface area contributed by atoms with Gasteiger partial charge in [-0.3, -0.25) is 19.2 Å². The Morgan fingerprint density at radius 1 is 0.942 bits per heavy atom. The number of benzene rings is 2. The van der Waals surface area contributed by atoms with Gasteiger partial charge in [-0.05, 0) is 19.9 Å². The zero-order valence-corrected chi connectivity index (χ0v) is 30.6. The number of carbonyl (C=O) groups is 4. The zero-order chi connectivity index (χ0) is 39.0. The second-order valence-electron chi connectivity index (χ2n) is 13.7. The van der Waals surface area contributed by atoms with Crippen LogP contribution in [-0.2, 0) is 23.8 Å². The fourth-order valence-electron chi connectivity index (χ4n) is 6.86. The summed E-state index contributed by atoms with van der Waals surface area (Å²) < 4.78 is 23.1. The van der Waals surface area contributed by atoms with Crippen molar-refractivity contribution in [2.45, 2.75) is 85.6 Å². The number of fused-ring (bicyclic) bond motifs is 14. The largest absolute Gasteiger partial charge is 0.507 e. The van der Waals surface area contributed by atoms with Crippen LogP contribution in [0.4, 0.5) is 5.69 Å². The number of nitrogens with one attached hydrogen (secondary N) is 1. The predicted octanol–water partition coefficient (Wildman–Crippen LogP) is 4.57. The van der Waals surface area contributed by atoms with Crippen LogP contribution < -0.4 is 10.1 Å². The number of rotatable bonds is 3. The summed E-state index contributed by atoms with van der Waals surface area (Å²) >= 11 is 0. The number of phenols is 3. The lowest BCUT2D eigenvalue weighted by Gasteiger charge is -2.38. The van der Waals surface area contributed by atoms with Crippen LogP contribution in [0.2, 0.25) is 0 Å². The van der Waals surface area contributed by atoms with Crippen LogP contribution in [0.3, 0.4) is 0 Å². The molecule has 6 N–H and O–H groups in total. The monoisotopic (exact) mass is 725 g/mol. The molecule has 9 unspecified atom stereocenters. The van der Waals surface area contributed by atoms with Crippen LogP contribution in [0.5, 0.6) is 23.0 Å². The highest BCUT2D eigenvalue weighted by Crippen LogP contribution is 2.55. The first-order valence-electron chi connectivity index (χ1n) is 16.9. The Hall–Kier alpha value is -4.92. The molecule has 3 heterocycles. The fourth-order valence-corrected chi connectivity index (χ4v) is 6.86. The highest BCUT2D eigenvalue weighted by atomic mass is 16.7. The van der Waals surface area contributed by atoms with Crippen molar-refractivity contribution < 1.29 is 63.7 Å². The summed E-state index contributed by atoms with van der Waals surface area (Å²) in [7, 11) is 1.41. The summed E-state index contributed by atoms with van der Waals surface area (Å²) in [4.78, 5) is 51.8. The summed E-state index contributed by atoms with van der Waals surface area (Å²) in [5.41, 5.74) is -1.27. The van der Waals surface area contributed by atoms with Crippen LogP contribution in [-0.4, -0.2) is 86.8 Å². The fraction of sp³-hybridized carbons (Fsp3) is 0.474. The summed E-state index contributed by atoms with van der Waals surface area (Å²) in [5.74, 6) is -9.19. The standard InChI is InChI=1S/C38H47NO13/c1-16-11-10-12-17(2)37(48)39-28-23(15-40)32(45)25-26(33(28)46)31(44)21(6)35-27(25)36(47)38(8,52-35)50-14-13-24(49-9)18(3)34(51-22(7)41)20(5)30(43)19(4)29(16)42/h10-16,18-20,24,29-30,34,42-46H,1-9H3,(H,39,48)/b11-10-,14-13?,17-12-. The van der Waals surface area contributed by atoms with E-state index in [4.69, 9.17) is 18.9 Å². The molecule has 52 heavy (non-hydrogen) atoms. The smallest absolute Gasteiger partial charge is 0.312 e. The van der Waals surface area contributed by atoms with Gasteiger partial charge in [-0.15, -0.1) is 0 Å². The number of aliphatic hydroxyl groups excluding tert-OH is 2. The molecule has 5 bridgehead atoms. The number of aliphatic hydroxyl groups is 2. The minimum atomic E-state index is -2.08. The number of hydrogen-bond donors (Lipinski definition) is 6. The topological polar surface area (TPSA) is 218 Å². The van der Waals surface area contributed by atoms with Gasteiger partial charge in [0, 0.05) is 61.2 Å². The first-order chi connectivity index (χ1) is 24.3. The maximum atomic E-state index is 14.0. The van der Waals surface area contributed by atoms with Crippen molar-refractivity contribution in [2.75, 3.05) is 12.4 Å². The van der Waals surface area contributed by atoms with Gasteiger partial charge in [-0.1, -0.05) is 45.9 Å². The third kappa shape index (κ3) is 7.10. The van der Waals surface area contributed by atoms with Crippen LogP contribution >= 0.6 is 0 Å². The van der Waals surface area contributed by atoms with Gasteiger partial charge in [-0.2, -0.15) is 0 Å². The number of Topliss-reactive ketones (excluding diaryl/α,β-unsaturated/α-hetero) is 1. The summed E-state index contributed by atoms with van der Waals surface area (Å²) in [6, 6.07) is 0. The second-order valence-corrected chi connectivity index (χ2v) is 13.7. The molecule has 2 aromatic carbocycles. The van der Waals surface area contributed by atoms with Crippen molar-refractivity contribution in [2.24, 2.45) is 23.7 Å². The predicted molar refractivity (Wildman–Crippen MR) is 189 cm³/mol. The Bertz CT molecular complexity index is 1860. The number of ketones is 1. The lowest BCUT2D eigenvalue weighted by Crippen LogP contribution is -2.46. The number of aldehydes is 1. The van der Waals surface area contributed by atoms with Gasteiger partial charge in [0.05, 0.1) is 46.8 Å². The van der Waals surface area contributed by atoms with Crippen molar-refractivity contribution >= 4 is 40.4 Å². The molecule has 2 aromatic rings. The Morgan fingerprint density at radius 2 is 1.60 bits per heavy atom. The molecule has 282 valence electrons. The Kier molecular flexibility index (Phi) is 11.8. The first kappa shape index (κ1) is 39.9. The molecule has 3 aliphatic heterocycles. The summed E-state index contributed by atoms with van der Waals surface area (Å²) in [6.07, 6.45) is 3.41. The van der Waals surface area contributed by atoms with Gasteiger partial charge in [0.2, 0.25) is 0 Å². The number of aromatic hydroxyl groups is 3. The number of carbonyl (C=O) groups excluding carboxylic acids is 4. The number of amides is 1. The Balaban J connectivity index is 1.93. The second kappa shape index (κ2) is 15.4. The molecule has 9 atom stereocenters. The van der Waals surface area contributed by atoms with Crippen molar-refractivity contribution in [3.63, 3.8) is 0 Å². The molecule has 0 spiro atoms. The van der Waals surface area contributed by atoms with Crippen molar-refractivity contribution in [3.05, 3.63) is 52.8 Å². The number of ether oxygens (including phenoxy) is 4. The number of anilines is 1. The van der Waals surface area contributed by atoms with Crippen LogP contribution in [0, 0.1) is 30.6 Å². The van der Waals surface area contributed by atoms with E-state index in [1.807, 2.05) is 0 Å². The number of phenolic OH excluding ortho intramolecular Hbond substituents is 3. The first-order valence-corrected chi connectivity index (χ1v) is 16.9. The van der Waals surface area contributed by atoms with Gasteiger partial charge >= 0.3 is 11.8 Å². The van der Waals surface area contributed by atoms with Gasteiger partial charge in [0.15, 0.2) is 12.0 Å². The van der Waals surface area contributed by atoms with Crippen molar-refractivity contribution in [1.82, 2.24) is 0 Å². The zero-order valence-electron chi connectivity index (χ0n) is 30.6. The molecule has 0 fully saturated rings. The number of allylic oxidation sites excluding steroid dienone is 2. The van der Waals surface area contributed by atoms with E-state index >= 15 is 0 Å². The molecule has 0 saturated heterocycles. The summed E-state index contributed by atoms with van der Waals surface area (Å²) in [5, 5.41) is 58.2. The van der Waals surface area contributed by atoms with E-state index in [9.17, 15) is 44.7 Å². The average Bonchev–Trinajstić information content (AvgIpc) is 3.36.